The molecule has 1 unspecified atom stereocenters. The molecule has 4 rings (SSSR count). The van der Waals surface area contributed by atoms with Crippen molar-refractivity contribution in [1.29, 1.82) is 0 Å². The van der Waals surface area contributed by atoms with E-state index in [1.165, 1.54) is 18.1 Å². The molecular formula is C27H25ClN2O4. The number of hydrogen-bond acceptors (Lipinski definition) is 5. The minimum Gasteiger partial charge on any atom is -0.507 e. The summed E-state index contributed by atoms with van der Waals surface area (Å²) in [6.45, 7) is 2.14. The first kappa shape index (κ1) is 23.5. The molecule has 1 aromatic heterocycles. The quantitative estimate of drug-likeness (QED) is 0.268. The first-order valence-corrected chi connectivity index (χ1v) is 11.5. The van der Waals surface area contributed by atoms with Crippen molar-refractivity contribution in [3.63, 3.8) is 0 Å². The second-order valence-corrected chi connectivity index (χ2v) is 8.45. The lowest BCUT2D eigenvalue weighted by Crippen LogP contribution is -2.29. The van der Waals surface area contributed by atoms with Gasteiger partial charge in [0.25, 0.3) is 11.7 Å². The predicted molar refractivity (Wildman–Crippen MR) is 132 cm³/mol. The van der Waals surface area contributed by atoms with E-state index in [1.807, 2.05) is 24.3 Å². The molecule has 0 saturated carbocycles. The number of carbonyl (C=O) groups excluding carboxylic acids is 2. The largest absolute Gasteiger partial charge is 0.507 e. The number of benzene rings is 2. The van der Waals surface area contributed by atoms with Crippen molar-refractivity contribution in [3.05, 3.63) is 94.3 Å². The molecule has 174 valence electrons. The lowest BCUT2D eigenvalue weighted by molar-refractivity contribution is -0.132. The third-order valence-electron chi connectivity index (χ3n) is 5.87. The van der Waals surface area contributed by atoms with E-state index in [-0.39, 0.29) is 11.3 Å². The summed E-state index contributed by atoms with van der Waals surface area (Å²) in [6.07, 6.45) is 4.69. The van der Waals surface area contributed by atoms with Crippen LogP contribution >= 0.6 is 11.6 Å². The second-order valence-electron chi connectivity index (χ2n) is 8.04. The molecule has 1 N–H and O–H groups in total. The third-order valence-corrected chi connectivity index (χ3v) is 6.18. The number of anilines is 1. The van der Waals surface area contributed by atoms with Gasteiger partial charge in [-0.15, -0.1) is 0 Å². The number of aryl methyl sites for hydroxylation is 1. The van der Waals surface area contributed by atoms with E-state index in [0.717, 1.165) is 24.8 Å². The average Bonchev–Trinajstić information content (AvgIpc) is 3.13. The molecule has 0 spiro atoms. The van der Waals surface area contributed by atoms with Gasteiger partial charge in [0.2, 0.25) is 0 Å². The molecule has 1 amide bonds. The Morgan fingerprint density at radius 1 is 1.12 bits per heavy atom. The Morgan fingerprint density at radius 2 is 1.88 bits per heavy atom. The number of rotatable bonds is 7. The Bertz CT molecular complexity index is 1240. The highest BCUT2D eigenvalue weighted by Gasteiger charge is 2.47. The van der Waals surface area contributed by atoms with E-state index in [1.54, 1.807) is 36.5 Å². The first-order chi connectivity index (χ1) is 16.5. The molecule has 7 heteroatoms. The van der Waals surface area contributed by atoms with Crippen LogP contribution in [0.15, 0.2) is 72.4 Å². The maximum atomic E-state index is 13.2. The van der Waals surface area contributed by atoms with Crippen LogP contribution in [0.1, 0.15) is 42.6 Å². The molecule has 1 fully saturated rings. The number of aliphatic hydroxyl groups excluding tert-OH is 1. The number of ketones is 1. The number of methoxy groups -OCH3 is 1. The van der Waals surface area contributed by atoms with E-state index in [2.05, 4.69) is 11.9 Å². The molecule has 0 aliphatic carbocycles. The Kier molecular flexibility index (Phi) is 6.98. The van der Waals surface area contributed by atoms with E-state index >= 15 is 0 Å². The smallest absolute Gasteiger partial charge is 0.300 e. The van der Waals surface area contributed by atoms with Crippen LogP contribution in [-0.2, 0) is 16.0 Å². The summed E-state index contributed by atoms with van der Waals surface area (Å²) in [5, 5.41) is 11.6. The van der Waals surface area contributed by atoms with Gasteiger partial charge in [-0.1, -0.05) is 43.1 Å². The number of aliphatic hydroxyl groups is 1. The highest BCUT2D eigenvalue weighted by Crippen LogP contribution is 2.42. The van der Waals surface area contributed by atoms with Gasteiger partial charge < -0.3 is 9.84 Å². The summed E-state index contributed by atoms with van der Waals surface area (Å²) >= 11 is 6.12. The molecule has 6 nitrogen and oxygen atoms in total. The summed E-state index contributed by atoms with van der Waals surface area (Å²) in [7, 11) is 1.46. The Morgan fingerprint density at radius 3 is 2.53 bits per heavy atom. The van der Waals surface area contributed by atoms with Crippen LogP contribution in [0.5, 0.6) is 5.75 Å². The van der Waals surface area contributed by atoms with E-state index < -0.39 is 17.7 Å². The second kappa shape index (κ2) is 10.1. The predicted octanol–water partition coefficient (Wildman–Crippen LogP) is 5.71. The Balaban J connectivity index is 1.85. The van der Waals surface area contributed by atoms with Gasteiger partial charge in [0, 0.05) is 17.4 Å². The molecule has 1 aliphatic rings. The van der Waals surface area contributed by atoms with Crippen molar-refractivity contribution in [1.82, 2.24) is 4.98 Å². The molecule has 0 bridgehead atoms. The van der Waals surface area contributed by atoms with Crippen molar-refractivity contribution < 1.29 is 19.4 Å². The molecular weight excluding hydrogens is 452 g/mol. The number of ether oxygens (including phenoxy) is 1. The minimum atomic E-state index is -0.885. The molecule has 34 heavy (non-hydrogen) atoms. The van der Waals surface area contributed by atoms with E-state index in [4.69, 9.17) is 16.3 Å². The number of carbonyl (C=O) groups is 2. The Labute approximate surface area is 203 Å². The molecule has 1 aliphatic heterocycles. The zero-order chi connectivity index (χ0) is 24.2. The summed E-state index contributed by atoms with van der Waals surface area (Å²) in [5.74, 6) is -1.47. The zero-order valence-electron chi connectivity index (χ0n) is 19.0. The monoisotopic (exact) mass is 476 g/mol. The highest BCUT2D eigenvalue weighted by atomic mass is 35.5. The van der Waals surface area contributed by atoms with Crippen LogP contribution in [0.2, 0.25) is 5.02 Å². The molecule has 2 heterocycles. The van der Waals surface area contributed by atoms with Crippen molar-refractivity contribution in [3.8, 4) is 5.75 Å². The van der Waals surface area contributed by atoms with Gasteiger partial charge in [0.1, 0.15) is 17.6 Å². The molecule has 2 aromatic carbocycles. The van der Waals surface area contributed by atoms with Gasteiger partial charge in [-0.25, -0.2) is 0 Å². The van der Waals surface area contributed by atoms with Crippen molar-refractivity contribution in [2.45, 2.75) is 32.2 Å². The summed E-state index contributed by atoms with van der Waals surface area (Å²) in [5.41, 5.74) is 2.47. The first-order valence-electron chi connectivity index (χ1n) is 11.1. The lowest BCUT2D eigenvalue weighted by Gasteiger charge is -2.24. The lowest BCUT2D eigenvalue weighted by atomic mass is 9.98. The summed E-state index contributed by atoms with van der Waals surface area (Å²) < 4.78 is 5.25. The number of Topliss-reactive ketones (excluding diaryl/α,β-unsaturated/α-hetero) is 1. The highest BCUT2D eigenvalue weighted by molar-refractivity contribution is 6.51. The van der Waals surface area contributed by atoms with E-state index in [0.29, 0.717) is 27.7 Å². The maximum absolute atomic E-state index is 13.2. The fourth-order valence-corrected chi connectivity index (χ4v) is 4.28. The van der Waals surface area contributed by atoms with E-state index in [9.17, 15) is 14.7 Å². The maximum Gasteiger partial charge on any atom is 0.300 e. The zero-order valence-corrected chi connectivity index (χ0v) is 19.7. The molecule has 3 aromatic rings. The third kappa shape index (κ3) is 4.41. The number of pyridine rings is 1. The van der Waals surface area contributed by atoms with Gasteiger partial charge in [0.05, 0.1) is 23.4 Å². The molecule has 1 atom stereocenters. The van der Waals surface area contributed by atoms with Gasteiger partial charge in [-0.2, -0.15) is 0 Å². The molecule has 0 radical (unpaired) electrons. The number of nitrogens with zero attached hydrogens (tertiary/aromatic N) is 2. The number of aromatic nitrogens is 1. The van der Waals surface area contributed by atoms with Crippen LogP contribution in [-0.4, -0.2) is 28.9 Å². The topological polar surface area (TPSA) is 79.7 Å². The van der Waals surface area contributed by atoms with Crippen LogP contribution in [0.25, 0.3) is 5.76 Å². The van der Waals surface area contributed by atoms with Crippen molar-refractivity contribution >= 4 is 34.7 Å². The summed E-state index contributed by atoms with van der Waals surface area (Å²) in [4.78, 5) is 32.2. The van der Waals surface area contributed by atoms with Crippen molar-refractivity contribution in [2.75, 3.05) is 12.0 Å². The fraction of sp³-hybridized carbons (Fsp3) is 0.222. The van der Waals surface area contributed by atoms with Crippen LogP contribution in [0, 0.1) is 0 Å². The molecule has 1 saturated heterocycles. The van der Waals surface area contributed by atoms with Crippen LogP contribution in [0.3, 0.4) is 0 Å². The normalized spacial score (nSPS) is 17.3. The minimum absolute atomic E-state index is 0.0388. The fourth-order valence-electron chi connectivity index (χ4n) is 4.08. The number of hydrogen-bond donors (Lipinski definition) is 1. The number of halogens is 1. The number of unbranched alkanes of at least 4 members (excludes halogenated alkanes) is 1. The van der Waals surface area contributed by atoms with Gasteiger partial charge in [-0.3, -0.25) is 19.5 Å². The van der Waals surface area contributed by atoms with Crippen molar-refractivity contribution in [2.24, 2.45) is 0 Å². The standard InChI is InChI=1S/C27H25ClN2O4/c1-3-4-7-17-9-12-19(13-10-17)30-24(21-8-5-6-15-29-21)23(26(32)27(30)33)25(31)18-11-14-20(28)22(16-18)34-2/h5-6,8-16,24,31H,3-4,7H2,1-2H3/b25-23-. The Hall–Kier alpha value is -3.64. The van der Waals surface area contributed by atoms with Crippen LogP contribution in [0.4, 0.5) is 5.69 Å². The van der Waals surface area contributed by atoms with Gasteiger partial charge in [0.15, 0.2) is 0 Å². The SMILES string of the molecule is CCCCc1ccc(N2C(=O)C(=O)/C(=C(\O)c3ccc(Cl)c(OC)c3)C2c2ccccn2)cc1. The average molecular weight is 477 g/mol. The summed E-state index contributed by atoms with van der Waals surface area (Å²) in [6, 6.07) is 16.6. The van der Waals surface area contributed by atoms with Gasteiger partial charge >= 0.3 is 0 Å². The van der Waals surface area contributed by atoms with Crippen LogP contribution < -0.4 is 9.64 Å². The number of amides is 1. The van der Waals surface area contributed by atoms with Gasteiger partial charge in [-0.05, 0) is 60.9 Å².